The molecule has 26 heavy (non-hydrogen) atoms. The number of carbonyl (C=O) groups is 4. The number of primary amides is 1. The zero-order chi connectivity index (χ0) is 19.6. The highest BCUT2D eigenvalue weighted by Crippen LogP contribution is 2.28. The van der Waals surface area contributed by atoms with Crippen LogP contribution in [0.15, 0.2) is 22.7 Å². The quantitative estimate of drug-likeness (QED) is 0.526. The first-order valence-corrected chi connectivity index (χ1v) is 8.34. The molecule has 0 spiro atoms. The summed E-state index contributed by atoms with van der Waals surface area (Å²) in [5.41, 5.74) is 5.51. The number of hydrazine groups is 1. The number of rotatable bonds is 5. The van der Waals surface area contributed by atoms with Gasteiger partial charge in [-0.1, -0.05) is 29.8 Å². The van der Waals surface area contributed by atoms with Gasteiger partial charge in [-0.05, 0) is 24.1 Å². The van der Waals surface area contributed by atoms with Crippen LogP contribution in [0.4, 0.5) is 19.7 Å². The summed E-state index contributed by atoms with van der Waals surface area (Å²) in [4.78, 5) is 48.1. The Balaban J connectivity index is 2.16. The fraction of sp³-hybridized carbons (Fsp3) is 0.333. The van der Waals surface area contributed by atoms with Crippen LogP contribution >= 0.6 is 15.9 Å². The standard InChI is InChI=1S/C15H17BrFN5O4/c1-7(2)15(6-11(18)23)12(24)22(14(26)20-15)21-13(25)19-10-4-3-8(16)5-9(10)17/h3-5,7H,6H2,1-2H3,(H2,18,23)(H,20,26)(H2,19,21,25). The Kier molecular flexibility index (Phi) is 5.50. The van der Waals surface area contributed by atoms with Crippen LogP contribution in [0.1, 0.15) is 20.3 Å². The predicted octanol–water partition coefficient (Wildman–Crippen LogP) is 1.45. The van der Waals surface area contributed by atoms with Gasteiger partial charge in [-0.25, -0.2) is 19.4 Å². The van der Waals surface area contributed by atoms with E-state index in [1.807, 2.05) is 5.43 Å². The minimum absolute atomic E-state index is 0.148. The summed E-state index contributed by atoms with van der Waals surface area (Å²) in [7, 11) is 0. The van der Waals surface area contributed by atoms with Gasteiger partial charge in [0.25, 0.3) is 5.91 Å². The summed E-state index contributed by atoms with van der Waals surface area (Å²) in [5, 5.41) is 5.03. The third-order valence-corrected chi connectivity index (χ3v) is 4.44. The first-order chi connectivity index (χ1) is 12.1. The van der Waals surface area contributed by atoms with Crippen molar-refractivity contribution in [1.82, 2.24) is 15.8 Å². The molecule has 0 aliphatic carbocycles. The van der Waals surface area contributed by atoms with Gasteiger partial charge in [0.2, 0.25) is 5.91 Å². The van der Waals surface area contributed by atoms with Gasteiger partial charge in [0, 0.05) is 4.47 Å². The number of nitrogens with two attached hydrogens (primary N) is 1. The molecule has 11 heteroatoms. The van der Waals surface area contributed by atoms with E-state index in [0.29, 0.717) is 9.48 Å². The average molecular weight is 430 g/mol. The minimum Gasteiger partial charge on any atom is -0.370 e. The number of hydrogen-bond acceptors (Lipinski definition) is 4. The molecule has 1 aliphatic rings. The molecule has 1 saturated heterocycles. The fourth-order valence-corrected chi connectivity index (χ4v) is 2.86. The van der Waals surface area contributed by atoms with E-state index in [2.05, 4.69) is 26.6 Å². The molecule has 0 aromatic heterocycles. The Bertz CT molecular complexity index is 787. The van der Waals surface area contributed by atoms with Crippen molar-refractivity contribution in [2.24, 2.45) is 11.7 Å². The van der Waals surface area contributed by atoms with Crippen LogP contribution in [-0.4, -0.2) is 34.4 Å². The highest BCUT2D eigenvalue weighted by Gasteiger charge is 2.54. The Hall–Kier alpha value is -2.69. The van der Waals surface area contributed by atoms with Crippen molar-refractivity contribution in [3.8, 4) is 0 Å². The lowest BCUT2D eigenvalue weighted by Crippen LogP contribution is -2.55. The van der Waals surface area contributed by atoms with Gasteiger partial charge < -0.3 is 16.4 Å². The number of anilines is 1. The van der Waals surface area contributed by atoms with Crippen molar-refractivity contribution in [2.75, 3.05) is 5.32 Å². The van der Waals surface area contributed by atoms with Crippen LogP contribution < -0.4 is 21.8 Å². The second-order valence-electron chi connectivity index (χ2n) is 6.03. The Morgan fingerprint density at radius 2 is 2.04 bits per heavy atom. The van der Waals surface area contributed by atoms with E-state index in [1.165, 1.54) is 12.1 Å². The molecule has 6 amide bonds. The molecular weight excluding hydrogens is 413 g/mol. The van der Waals surface area contributed by atoms with E-state index < -0.39 is 47.6 Å². The molecule has 5 N–H and O–H groups in total. The van der Waals surface area contributed by atoms with Crippen LogP contribution in [0.2, 0.25) is 0 Å². The molecule has 2 rings (SSSR count). The summed E-state index contributed by atoms with van der Waals surface area (Å²) in [6, 6.07) is 2.02. The summed E-state index contributed by atoms with van der Waals surface area (Å²) >= 11 is 3.08. The van der Waals surface area contributed by atoms with Gasteiger partial charge in [0.05, 0.1) is 12.1 Å². The van der Waals surface area contributed by atoms with Crippen LogP contribution in [-0.2, 0) is 9.59 Å². The molecule has 0 radical (unpaired) electrons. The smallest absolute Gasteiger partial charge is 0.344 e. The van der Waals surface area contributed by atoms with E-state index in [-0.39, 0.29) is 5.69 Å². The largest absolute Gasteiger partial charge is 0.370 e. The van der Waals surface area contributed by atoms with Crippen molar-refractivity contribution >= 4 is 45.5 Å². The van der Waals surface area contributed by atoms with Crippen LogP contribution in [0.25, 0.3) is 0 Å². The van der Waals surface area contributed by atoms with Crippen LogP contribution in [0, 0.1) is 11.7 Å². The number of urea groups is 2. The van der Waals surface area contributed by atoms with E-state index in [0.717, 1.165) is 6.07 Å². The maximum absolute atomic E-state index is 13.8. The summed E-state index contributed by atoms with van der Waals surface area (Å²) in [5.74, 6) is -2.79. The SMILES string of the molecule is CC(C)C1(CC(N)=O)NC(=O)N(NC(=O)Nc2ccc(Br)cc2F)C1=O. The zero-order valence-corrected chi connectivity index (χ0v) is 15.5. The van der Waals surface area contributed by atoms with Gasteiger partial charge >= 0.3 is 12.1 Å². The lowest BCUT2D eigenvalue weighted by atomic mass is 9.83. The lowest BCUT2D eigenvalue weighted by molar-refractivity contribution is -0.137. The monoisotopic (exact) mass is 429 g/mol. The summed E-state index contributed by atoms with van der Waals surface area (Å²) in [6.07, 6.45) is -0.420. The molecular formula is C15H17BrFN5O4. The topological polar surface area (TPSA) is 134 Å². The molecule has 0 saturated carbocycles. The number of hydrogen-bond donors (Lipinski definition) is 4. The van der Waals surface area contributed by atoms with Gasteiger partial charge in [-0.15, -0.1) is 0 Å². The van der Waals surface area contributed by atoms with E-state index >= 15 is 0 Å². The van der Waals surface area contributed by atoms with E-state index in [4.69, 9.17) is 5.73 Å². The van der Waals surface area contributed by atoms with Crippen LogP contribution in [0.5, 0.6) is 0 Å². The maximum Gasteiger partial charge on any atom is 0.344 e. The summed E-state index contributed by atoms with van der Waals surface area (Å²) < 4.78 is 14.2. The van der Waals surface area contributed by atoms with Gasteiger partial charge in [-0.3, -0.25) is 9.59 Å². The highest BCUT2D eigenvalue weighted by molar-refractivity contribution is 9.10. The molecule has 1 atom stereocenters. The molecule has 1 aliphatic heterocycles. The molecule has 140 valence electrons. The van der Waals surface area contributed by atoms with Crippen molar-refractivity contribution < 1.29 is 23.6 Å². The van der Waals surface area contributed by atoms with Gasteiger partial charge in [0.15, 0.2) is 0 Å². The molecule has 1 fully saturated rings. The van der Waals surface area contributed by atoms with Crippen LogP contribution in [0.3, 0.4) is 0 Å². The van der Waals surface area contributed by atoms with Gasteiger partial charge in [-0.2, -0.15) is 5.01 Å². The van der Waals surface area contributed by atoms with Crippen molar-refractivity contribution in [3.63, 3.8) is 0 Å². The molecule has 1 heterocycles. The Morgan fingerprint density at radius 1 is 1.38 bits per heavy atom. The van der Waals surface area contributed by atoms with Gasteiger partial charge in [0.1, 0.15) is 11.4 Å². The third kappa shape index (κ3) is 3.77. The fourth-order valence-electron chi connectivity index (χ4n) is 2.53. The number of carbonyl (C=O) groups excluding carboxylic acids is 4. The predicted molar refractivity (Wildman–Crippen MR) is 93.0 cm³/mol. The lowest BCUT2D eigenvalue weighted by Gasteiger charge is -2.29. The minimum atomic E-state index is -1.56. The number of nitrogens with zero attached hydrogens (tertiary/aromatic N) is 1. The van der Waals surface area contributed by atoms with E-state index in [1.54, 1.807) is 13.8 Å². The number of imide groups is 1. The van der Waals surface area contributed by atoms with Crippen molar-refractivity contribution in [3.05, 3.63) is 28.5 Å². The third-order valence-electron chi connectivity index (χ3n) is 3.95. The molecule has 1 aromatic rings. The number of nitrogens with one attached hydrogen (secondary N) is 3. The first-order valence-electron chi connectivity index (χ1n) is 7.54. The number of halogens is 2. The summed E-state index contributed by atoms with van der Waals surface area (Å²) in [6.45, 7) is 3.25. The second-order valence-corrected chi connectivity index (χ2v) is 6.95. The first kappa shape index (κ1) is 19.6. The highest BCUT2D eigenvalue weighted by atomic mass is 79.9. The maximum atomic E-state index is 13.8. The van der Waals surface area contributed by atoms with Crippen molar-refractivity contribution in [2.45, 2.75) is 25.8 Å². The molecule has 9 nitrogen and oxygen atoms in total. The average Bonchev–Trinajstić information content (AvgIpc) is 2.75. The number of amides is 6. The van der Waals surface area contributed by atoms with E-state index in [9.17, 15) is 23.6 Å². The van der Waals surface area contributed by atoms with Crippen molar-refractivity contribution in [1.29, 1.82) is 0 Å². The second kappa shape index (κ2) is 7.28. The molecule has 1 unspecified atom stereocenters. The molecule has 0 bridgehead atoms. The molecule has 1 aromatic carbocycles. The normalized spacial score (nSPS) is 19.5. The Labute approximate surface area is 156 Å². The number of benzene rings is 1. The Morgan fingerprint density at radius 3 is 2.58 bits per heavy atom. The zero-order valence-electron chi connectivity index (χ0n) is 13.9.